The van der Waals surface area contributed by atoms with Crippen molar-refractivity contribution in [2.45, 2.75) is 43.9 Å². The molecule has 4 aliphatic carbocycles. The Morgan fingerprint density at radius 2 is 1.71 bits per heavy atom. The number of amides is 1. The van der Waals surface area contributed by atoms with Crippen LogP contribution in [0.5, 0.6) is 5.75 Å². The summed E-state index contributed by atoms with van der Waals surface area (Å²) >= 11 is 0. The zero-order valence-corrected chi connectivity index (χ0v) is 18.7. The smallest absolute Gasteiger partial charge is 0.273 e. The van der Waals surface area contributed by atoms with Crippen LogP contribution in [0.15, 0.2) is 54.7 Å². The van der Waals surface area contributed by atoms with Crippen LogP contribution >= 0.6 is 0 Å². The number of aromatic hydroxyl groups is 1. The van der Waals surface area contributed by atoms with E-state index in [1.54, 1.807) is 10.9 Å². The highest BCUT2D eigenvalue weighted by Crippen LogP contribution is 2.61. The Hall–Kier alpha value is -3.68. The van der Waals surface area contributed by atoms with E-state index in [1.807, 2.05) is 30.3 Å². The minimum atomic E-state index is -0.583. The van der Waals surface area contributed by atoms with E-state index in [0.717, 1.165) is 36.7 Å². The Kier molecular flexibility index (Phi) is 4.72. The molecule has 2 N–H and O–H groups in total. The van der Waals surface area contributed by atoms with Crippen LogP contribution in [0.4, 0.5) is 11.4 Å². The fraction of sp³-hybridized carbons (Fsp3) is 0.385. The van der Waals surface area contributed by atoms with Gasteiger partial charge in [0.1, 0.15) is 5.75 Å². The summed E-state index contributed by atoms with van der Waals surface area (Å²) in [4.78, 5) is 23.9. The molecule has 174 valence electrons. The largest absolute Gasteiger partial charge is 0.506 e. The van der Waals surface area contributed by atoms with E-state index < -0.39 is 4.92 Å². The molecule has 8 heteroatoms. The van der Waals surface area contributed by atoms with Crippen LogP contribution in [0.1, 0.15) is 54.6 Å². The number of para-hydroxylation sites is 1. The second-order valence-electron chi connectivity index (χ2n) is 10.3. The van der Waals surface area contributed by atoms with E-state index in [4.69, 9.17) is 5.10 Å². The third-order valence-corrected chi connectivity index (χ3v) is 7.96. The molecule has 1 amide bonds. The van der Waals surface area contributed by atoms with Gasteiger partial charge in [-0.25, -0.2) is 4.68 Å². The quantitative estimate of drug-likeness (QED) is 0.310. The van der Waals surface area contributed by atoms with Crippen molar-refractivity contribution in [2.24, 2.45) is 17.8 Å². The van der Waals surface area contributed by atoms with Crippen LogP contribution in [-0.2, 0) is 5.41 Å². The van der Waals surface area contributed by atoms with Crippen LogP contribution in [0.3, 0.4) is 0 Å². The van der Waals surface area contributed by atoms with Crippen molar-refractivity contribution in [3.63, 3.8) is 0 Å². The predicted octanol–water partition coefficient (Wildman–Crippen LogP) is 5.21. The molecule has 0 atom stereocenters. The number of aromatic nitrogens is 2. The number of non-ortho nitro benzene ring substituents is 1. The summed E-state index contributed by atoms with van der Waals surface area (Å²) in [6.45, 7) is 0. The molecule has 4 aliphatic rings. The highest BCUT2D eigenvalue weighted by Gasteiger charge is 2.54. The summed E-state index contributed by atoms with van der Waals surface area (Å²) in [7, 11) is 0. The van der Waals surface area contributed by atoms with Crippen molar-refractivity contribution >= 4 is 17.3 Å². The molecule has 4 bridgehead atoms. The Balaban J connectivity index is 1.40. The summed E-state index contributed by atoms with van der Waals surface area (Å²) < 4.78 is 1.78. The van der Waals surface area contributed by atoms with E-state index in [-0.39, 0.29) is 28.4 Å². The number of hydrogen-bond acceptors (Lipinski definition) is 5. The van der Waals surface area contributed by atoms with Crippen LogP contribution in [0, 0.1) is 27.9 Å². The number of rotatable bonds is 5. The number of nitro benzene ring substituents is 1. The summed E-state index contributed by atoms with van der Waals surface area (Å²) in [6.07, 6.45) is 8.83. The Labute approximate surface area is 196 Å². The first-order valence-electron chi connectivity index (χ1n) is 11.8. The maximum Gasteiger partial charge on any atom is 0.273 e. The average Bonchev–Trinajstić information content (AvgIpc) is 3.27. The maximum absolute atomic E-state index is 13.5. The molecule has 1 heterocycles. The van der Waals surface area contributed by atoms with Gasteiger partial charge in [0.25, 0.3) is 11.6 Å². The van der Waals surface area contributed by atoms with Crippen molar-refractivity contribution in [3.05, 3.63) is 76.1 Å². The molecule has 2 aromatic carbocycles. The second kappa shape index (κ2) is 7.68. The molecule has 0 spiro atoms. The molecular formula is C26H26N4O4. The van der Waals surface area contributed by atoms with Gasteiger partial charge < -0.3 is 10.4 Å². The molecule has 1 aromatic heterocycles. The standard InChI is InChI=1S/C26H26N4O4/c31-23-11-20(30(33)34)6-7-22(23)27-25(32)21-15-29(19-4-2-1-3-5-19)28-24(21)26-12-16-8-17(13-26)10-18(9-16)14-26/h1-7,11,15-18,31H,8-10,12-14H2,(H,27,32). The lowest BCUT2D eigenvalue weighted by atomic mass is 9.48. The van der Waals surface area contributed by atoms with Gasteiger partial charge in [0.2, 0.25) is 0 Å². The first kappa shape index (κ1) is 20.9. The first-order chi connectivity index (χ1) is 16.4. The van der Waals surface area contributed by atoms with Crippen molar-refractivity contribution in [1.82, 2.24) is 9.78 Å². The number of nitro groups is 1. The van der Waals surface area contributed by atoms with Gasteiger partial charge in [-0.05, 0) is 74.5 Å². The fourth-order valence-electron chi connectivity index (χ4n) is 6.97. The zero-order valence-electron chi connectivity index (χ0n) is 18.7. The van der Waals surface area contributed by atoms with Crippen LogP contribution in [0.25, 0.3) is 5.69 Å². The van der Waals surface area contributed by atoms with E-state index in [1.165, 1.54) is 31.4 Å². The Bertz CT molecular complexity index is 1250. The third kappa shape index (κ3) is 3.45. The van der Waals surface area contributed by atoms with Crippen molar-refractivity contribution in [1.29, 1.82) is 0 Å². The number of hydrogen-bond donors (Lipinski definition) is 2. The molecule has 0 aliphatic heterocycles. The second-order valence-corrected chi connectivity index (χ2v) is 10.3. The highest BCUT2D eigenvalue weighted by atomic mass is 16.6. The normalized spacial score (nSPS) is 27.0. The SMILES string of the molecule is O=C(Nc1ccc([N+](=O)[O-])cc1O)c1cn(-c2ccccc2)nc1C12CC3CC(CC(C3)C1)C2. The lowest BCUT2D eigenvalue weighted by Crippen LogP contribution is -2.49. The lowest BCUT2D eigenvalue weighted by molar-refractivity contribution is -0.384. The first-order valence-corrected chi connectivity index (χ1v) is 11.8. The summed E-state index contributed by atoms with van der Waals surface area (Å²) in [6, 6.07) is 13.4. The van der Waals surface area contributed by atoms with Crippen LogP contribution < -0.4 is 5.32 Å². The minimum absolute atomic E-state index is 0.0982. The molecule has 4 fully saturated rings. The van der Waals surface area contributed by atoms with Gasteiger partial charge in [-0.2, -0.15) is 5.10 Å². The number of carbonyl (C=O) groups is 1. The molecular weight excluding hydrogens is 432 g/mol. The van der Waals surface area contributed by atoms with Crippen LogP contribution in [-0.4, -0.2) is 25.7 Å². The molecule has 34 heavy (non-hydrogen) atoms. The van der Waals surface area contributed by atoms with Gasteiger partial charge in [-0.3, -0.25) is 14.9 Å². The number of phenols is 1. The van der Waals surface area contributed by atoms with E-state index in [0.29, 0.717) is 23.3 Å². The molecule has 4 saturated carbocycles. The van der Waals surface area contributed by atoms with E-state index >= 15 is 0 Å². The number of nitrogens with zero attached hydrogens (tertiary/aromatic N) is 3. The van der Waals surface area contributed by atoms with Crippen molar-refractivity contribution < 1.29 is 14.8 Å². The number of nitrogens with one attached hydrogen (secondary N) is 1. The monoisotopic (exact) mass is 458 g/mol. The molecule has 3 aromatic rings. The summed E-state index contributed by atoms with van der Waals surface area (Å²) in [5.74, 6) is 1.39. The molecule has 8 nitrogen and oxygen atoms in total. The molecule has 0 saturated heterocycles. The van der Waals surface area contributed by atoms with Crippen LogP contribution in [0.2, 0.25) is 0 Å². The topological polar surface area (TPSA) is 110 Å². The third-order valence-electron chi connectivity index (χ3n) is 7.96. The van der Waals surface area contributed by atoms with Gasteiger partial charge in [0.15, 0.2) is 0 Å². The molecule has 0 unspecified atom stereocenters. The molecule has 0 radical (unpaired) electrons. The van der Waals surface area contributed by atoms with E-state index in [9.17, 15) is 20.0 Å². The van der Waals surface area contributed by atoms with Gasteiger partial charge in [-0.1, -0.05) is 18.2 Å². The fourth-order valence-corrected chi connectivity index (χ4v) is 6.97. The number of benzene rings is 2. The van der Waals surface area contributed by atoms with Gasteiger partial charge in [-0.15, -0.1) is 0 Å². The number of carbonyl (C=O) groups excluding carboxylic acids is 1. The lowest BCUT2D eigenvalue weighted by Gasteiger charge is -2.56. The number of phenolic OH excluding ortho intramolecular Hbond substituents is 1. The average molecular weight is 459 g/mol. The van der Waals surface area contributed by atoms with Gasteiger partial charge in [0.05, 0.1) is 33.6 Å². The zero-order chi connectivity index (χ0) is 23.4. The molecule has 7 rings (SSSR count). The summed E-state index contributed by atoms with van der Waals surface area (Å²) in [5, 5.41) is 29.0. The van der Waals surface area contributed by atoms with Crippen molar-refractivity contribution in [2.75, 3.05) is 5.32 Å². The van der Waals surface area contributed by atoms with E-state index in [2.05, 4.69) is 5.32 Å². The summed E-state index contributed by atoms with van der Waals surface area (Å²) in [5.41, 5.74) is 2.03. The minimum Gasteiger partial charge on any atom is -0.506 e. The Morgan fingerprint density at radius 3 is 2.29 bits per heavy atom. The number of anilines is 1. The van der Waals surface area contributed by atoms with Gasteiger partial charge in [0, 0.05) is 17.7 Å². The maximum atomic E-state index is 13.5. The Morgan fingerprint density at radius 1 is 1.06 bits per heavy atom. The predicted molar refractivity (Wildman–Crippen MR) is 126 cm³/mol. The van der Waals surface area contributed by atoms with Crippen molar-refractivity contribution in [3.8, 4) is 11.4 Å². The highest BCUT2D eigenvalue weighted by molar-refractivity contribution is 6.06. The van der Waals surface area contributed by atoms with Gasteiger partial charge >= 0.3 is 0 Å².